The van der Waals surface area contributed by atoms with Gasteiger partial charge in [-0.2, -0.15) is 0 Å². The highest BCUT2D eigenvalue weighted by Gasteiger charge is 2.28. The van der Waals surface area contributed by atoms with E-state index in [-0.39, 0.29) is 18.2 Å². The van der Waals surface area contributed by atoms with Crippen LogP contribution in [0.3, 0.4) is 0 Å². The Bertz CT molecular complexity index is 384. The third kappa shape index (κ3) is 3.47. The van der Waals surface area contributed by atoms with Crippen molar-refractivity contribution in [2.75, 3.05) is 26.7 Å². The molecule has 1 aliphatic rings. The maximum absolute atomic E-state index is 5.98. The quantitative estimate of drug-likeness (QED) is 0.901. The molecule has 1 fully saturated rings. The van der Waals surface area contributed by atoms with Crippen LogP contribution in [0.5, 0.6) is 5.75 Å². The van der Waals surface area contributed by atoms with E-state index in [0.29, 0.717) is 6.54 Å². The molecule has 0 aliphatic carbocycles. The smallest absolute Gasteiger partial charge is 0.118 e. The Kier molecular flexibility index (Phi) is 4.80. The summed E-state index contributed by atoms with van der Waals surface area (Å²) in [6.07, 6.45) is 0.520. The lowest BCUT2D eigenvalue weighted by Gasteiger charge is -2.40. The molecule has 4 heteroatoms. The number of hydrogen-bond donors (Lipinski definition) is 1. The van der Waals surface area contributed by atoms with Crippen molar-refractivity contribution in [3.63, 3.8) is 0 Å². The lowest BCUT2D eigenvalue weighted by molar-refractivity contribution is -0.0799. The van der Waals surface area contributed by atoms with Crippen molar-refractivity contribution in [2.24, 2.45) is 5.73 Å². The predicted octanol–water partition coefficient (Wildman–Crippen LogP) is 1.80. The Morgan fingerprint density at radius 2 is 1.84 bits per heavy atom. The lowest BCUT2D eigenvalue weighted by atomic mass is 10.0. The SMILES string of the molecule is COc1ccc(C(CN)N2C[C@@H](C)O[C@@H](C)C2)cc1. The molecule has 19 heavy (non-hydrogen) atoms. The van der Waals surface area contributed by atoms with Gasteiger partial charge in [-0.15, -0.1) is 0 Å². The monoisotopic (exact) mass is 264 g/mol. The Hall–Kier alpha value is -1.10. The van der Waals surface area contributed by atoms with E-state index < -0.39 is 0 Å². The van der Waals surface area contributed by atoms with E-state index in [1.54, 1.807) is 7.11 Å². The molecule has 1 saturated heterocycles. The summed E-state index contributed by atoms with van der Waals surface area (Å²) < 4.78 is 11.0. The first kappa shape index (κ1) is 14.3. The van der Waals surface area contributed by atoms with Crippen LogP contribution in [0.4, 0.5) is 0 Å². The van der Waals surface area contributed by atoms with Gasteiger partial charge in [-0.1, -0.05) is 12.1 Å². The van der Waals surface area contributed by atoms with E-state index in [1.165, 1.54) is 5.56 Å². The maximum Gasteiger partial charge on any atom is 0.118 e. The average Bonchev–Trinajstić information content (AvgIpc) is 2.39. The molecule has 0 amide bonds. The summed E-state index contributed by atoms with van der Waals surface area (Å²) in [6.45, 7) is 6.71. The molecule has 0 spiro atoms. The zero-order chi connectivity index (χ0) is 13.8. The van der Waals surface area contributed by atoms with Crippen molar-refractivity contribution in [3.05, 3.63) is 29.8 Å². The predicted molar refractivity (Wildman–Crippen MR) is 76.4 cm³/mol. The summed E-state index contributed by atoms with van der Waals surface area (Å²) in [5, 5.41) is 0. The molecular formula is C15H24N2O2. The number of rotatable bonds is 4. The van der Waals surface area contributed by atoms with Crippen LogP contribution in [0, 0.1) is 0 Å². The number of methoxy groups -OCH3 is 1. The zero-order valence-corrected chi connectivity index (χ0v) is 12.0. The van der Waals surface area contributed by atoms with Crippen molar-refractivity contribution in [2.45, 2.75) is 32.1 Å². The van der Waals surface area contributed by atoms with Crippen LogP contribution in [0.15, 0.2) is 24.3 Å². The number of nitrogens with zero attached hydrogens (tertiary/aromatic N) is 1. The molecule has 1 aromatic carbocycles. The molecule has 2 N–H and O–H groups in total. The third-order valence-electron chi connectivity index (χ3n) is 3.61. The maximum atomic E-state index is 5.98. The number of benzene rings is 1. The standard InChI is InChI=1S/C15H24N2O2/c1-11-9-17(10-12(2)19-11)15(8-16)13-4-6-14(18-3)7-5-13/h4-7,11-12,15H,8-10,16H2,1-3H3/t11-,12+,15?. The van der Waals surface area contributed by atoms with Gasteiger partial charge in [0.05, 0.1) is 19.3 Å². The molecule has 2 rings (SSSR count). The number of morpholine rings is 1. The Labute approximate surface area is 115 Å². The highest BCUT2D eigenvalue weighted by Crippen LogP contribution is 2.25. The van der Waals surface area contributed by atoms with Crippen LogP contribution in [0.2, 0.25) is 0 Å². The van der Waals surface area contributed by atoms with Crippen molar-refractivity contribution in [3.8, 4) is 5.75 Å². The summed E-state index contributed by atoms with van der Waals surface area (Å²) in [6, 6.07) is 8.43. The summed E-state index contributed by atoms with van der Waals surface area (Å²) in [5.74, 6) is 0.878. The molecule has 0 radical (unpaired) electrons. The minimum Gasteiger partial charge on any atom is -0.497 e. The van der Waals surface area contributed by atoms with E-state index >= 15 is 0 Å². The van der Waals surface area contributed by atoms with E-state index in [2.05, 4.69) is 30.9 Å². The lowest BCUT2D eigenvalue weighted by Crippen LogP contribution is -2.48. The van der Waals surface area contributed by atoms with Gasteiger partial charge in [0.25, 0.3) is 0 Å². The van der Waals surface area contributed by atoms with Gasteiger partial charge < -0.3 is 15.2 Å². The first-order valence-corrected chi connectivity index (χ1v) is 6.87. The van der Waals surface area contributed by atoms with E-state index in [1.807, 2.05) is 12.1 Å². The van der Waals surface area contributed by atoms with Gasteiger partial charge in [-0.05, 0) is 31.5 Å². The minimum absolute atomic E-state index is 0.250. The van der Waals surface area contributed by atoms with Crippen molar-refractivity contribution in [1.82, 2.24) is 4.90 Å². The van der Waals surface area contributed by atoms with Crippen molar-refractivity contribution in [1.29, 1.82) is 0 Å². The molecule has 0 aromatic heterocycles. The molecule has 0 bridgehead atoms. The number of nitrogens with two attached hydrogens (primary N) is 1. The highest BCUT2D eigenvalue weighted by atomic mass is 16.5. The highest BCUT2D eigenvalue weighted by molar-refractivity contribution is 5.29. The van der Waals surface area contributed by atoms with Gasteiger partial charge in [-0.3, -0.25) is 4.90 Å². The van der Waals surface area contributed by atoms with E-state index in [9.17, 15) is 0 Å². The fraction of sp³-hybridized carbons (Fsp3) is 0.600. The number of hydrogen-bond acceptors (Lipinski definition) is 4. The van der Waals surface area contributed by atoms with Gasteiger partial charge >= 0.3 is 0 Å². The molecule has 3 atom stereocenters. The fourth-order valence-electron chi connectivity index (χ4n) is 2.79. The second-order valence-electron chi connectivity index (χ2n) is 5.24. The number of ether oxygens (including phenoxy) is 2. The normalized spacial score (nSPS) is 26.1. The van der Waals surface area contributed by atoms with Gasteiger partial charge in [0.15, 0.2) is 0 Å². The topological polar surface area (TPSA) is 47.7 Å². The largest absolute Gasteiger partial charge is 0.497 e. The van der Waals surface area contributed by atoms with E-state index in [4.69, 9.17) is 15.2 Å². The first-order valence-electron chi connectivity index (χ1n) is 6.87. The van der Waals surface area contributed by atoms with Gasteiger partial charge in [0.1, 0.15) is 5.75 Å². The van der Waals surface area contributed by atoms with Gasteiger partial charge in [-0.25, -0.2) is 0 Å². The molecule has 1 aliphatic heterocycles. The zero-order valence-electron chi connectivity index (χ0n) is 12.0. The first-order chi connectivity index (χ1) is 9.13. The summed E-state index contributed by atoms with van der Waals surface area (Å²) in [4.78, 5) is 2.42. The fourth-order valence-corrected chi connectivity index (χ4v) is 2.79. The molecule has 1 aromatic rings. The molecular weight excluding hydrogens is 240 g/mol. The molecule has 1 heterocycles. The Morgan fingerprint density at radius 3 is 2.32 bits per heavy atom. The third-order valence-corrected chi connectivity index (χ3v) is 3.61. The molecule has 4 nitrogen and oxygen atoms in total. The van der Waals surface area contributed by atoms with Gasteiger partial charge in [0.2, 0.25) is 0 Å². The summed E-state index contributed by atoms with van der Waals surface area (Å²) in [7, 11) is 1.68. The molecule has 0 saturated carbocycles. The Morgan fingerprint density at radius 1 is 1.26 bits per heavy atom. The summed E-state index contributed by atoms with van der Waals surface area (Å²) in [5.41, 5.74) is 7.22. The molecule has 106 valence electrons. The van der Waals surface area contributed by atoms with Crippen molar-refractivity contribution >= 4 is 0 Å². The van der Waals surface area contributed by atoms with E-state index in [0.717, 1.165) is 18.8 Å². The van der Waals surface area contributed by atoms with Crippen LogP contribution in [-0.2, 0) is 4.74 Å². The van der Waals surface area contributed by atoms with Crippen molar-refractivity contribution < 1.29 is 9.47 Å². The second kappa shape index (κ2) is 6.37. The van der Waals surface area contributed by atoms with Crippen LogP contribution in [0.1, 0.15) is 25.5 Å². The molecule has 1 unspecified atom stereocenters. The van der Waals surface area contributed by atoms with Crippen LogP contribution in [0.25, 0.3) is 0 Å². The van der Waals surface area contributed by atoms with Gasteiger partial charge in [0, 0.05) is 25.7 Å². The van der Waals surface area contributed by atoms with Crippen LogP contribution in [-0.4, -0.2) is 43.9 Å². The van der Waals surface area contributed by atoms with Crippen LogP contribution < -0.4 is 10.5 Å². The minimum atomic E-state index is 0.250. The van der Waals surface area contributed by atoms with Crippen LogP contribution >= 0.6 is 0 Å². The Balaban J connectivity index is 2.13. The second-order valence-corrected chi connectivity index (χ2v) is 5.24. The summed E-state index contributed by atoms with van der Waals surface area (Å²) >= 11 is 0. The average molecular weight is 264 g/mol.